The van der Waals surface area contributed by atoms with Gasteiger partial charge in [-0.1, -0.05) is 20.8 Å². The van der Waals surface area contributed by atoms with Crippen LogP contribution in [0.15, 0.2) is 0 Å². The number of ether oxygens (including phenoxy) is 2. The Morgan fingerprint density at radius 2 is 1.74 bits per heavy atom. The average Bonchev–Trinajstić information content (AvgIpc) is 2.84. The third-order valence-electron chi connectivity index (χ3n) is 5.05. The highest BCUT2D eigenvalue weighted by Gasteiger charge is 2.59. The summed E-state index contributed by atoms with van der Waals surface area (Å²) in [5, 5.41) is 0.0873. The zero-order valence-electron chi connectivity index (χ0n) is 15.8. The van der Waals surface area contributed by atoms with Gasteiger partial charge in [-0.05, 0) is 37.8 Å². The molecule has 0 bridgehead atoms. The fraction of sp³-hybridized carbons (Fsp3) is 0.938. The molecule has 2 fully saturated rings. The van der Waals surface area contributed by atoms with E-state index in [1.165, 1.54) is 0 Å². The minimum Gasteiger partial charge on any atom is -0.462 e. The SMILES string of the molecule is CC(C)(C)[Si](C)(C)O[C@H]1[C@H](O[Si](C)(C)C)CO[C@@]12COC(=O)C2. The van der Waals surface area contributed by atoms with Gasteiger partial charge in [0.2, 0.25) is 0 Å². The van der Waals surface area contributed by atoms with E-state index in [9.17, 15) is 4.79 Å². The fourth-order valence-corrected chi connectivity index (χ4v) is 5.26. The molecular formula is C16H32O5Si2. The summed E-state index contributed by atoms with van der Waals surface area (Å²) in [6, 6.07) is 0. The van der Waals surface area contributed by atoms with Gasteiger partial charge < -0.3 is 18.3 Å². The van der Waals surface area contributed by atoms with Crippen molar-refractivity contribution in [2.45, 2.75) is 82.8 Å². The lowest BCUT2D eigenvalue weighted by Gasteiger charge is -2.43. The third kappa shape index (κ3) is 4.07. The number of hydrogen-bond donors (Lipinski definition) is 0. The van der Waals surface area contributed by atoms with Crippen LogP contribution in [0.2, 0.25) is 37.8 Å². The van der Waals surface area contributed by atoms with E-state index in [2.05, 4.69) is 53.5 Å². The van der Waals surface area contributed by atoms with Crippen molar-refractivity contribution in [1.82, 2.24) is 0 Å². The molecular weight excluding hydrogens is 328 g/mol. The number of carbonyl (C=O) groups excluding carboxylic acids is 1. The minimum absolute atomic E-state index is 0.0873. The van der Waals surface area contributed by atoms with E-state index in [1.807, 2.05) is 0 Å². The number of rotatable bonds is 4. The first kappa shape index (κ1) is 19.1. The minimum atomic E-state index is -2.01. The van der Waals surface area contributed by atoms with Crippen LogP contribution in [-0.2, 0) is 23.1 Å². The molecule has 3 atom stereocenters. The summed E-state index contributed by atoms with van der Waals surface area (Å²) in [6.07, 6.45) is -0.0930. The van der Waals surface area contributed by atoms with Gasteiger partial charge in [-0.3, -0.25) is 4.79 Å². The Labute approximate surface area is 142 Å². The first-order valence-electron chi connectivity index (χ1n) is 8.41. The molecule has 2 rings (SSSR count). The van der Waals surface area contributed by atoms with Crippen LogP contribution < -0.4 is 0 Å². The molecule has 5 nitrogen and oxygen atoms in total. The number of cyclic esters (lactones) is 1. The number of esters is 1. The summed E-state index contributed by atoms with van der Waals surface area (Å²) < 4.78 is 24.3. The molecule has 0 unspecified atom stereocenters. The molecule has 0 aliphatic carbocycles. The van der Waals surface area contributed by atoms with Crippen LogP contribution in [0.3, 0.4) is 0 Å². The van der Waals surface area contributed by atoms with Gasteiger partial charge in [-0.25, -0.2) is 0 Å². The summed E-state index contributed by atoms with van der Waals surface area (Å²) in [5.74, 6) is -0.206. The molecule has 23 heavy (non-hydrogen) atoms. The van der Waals surface area contributed by atoms with Crippen molar-refractivity contribution < 1.29 is 23.1 Å². The van der Waals surface area contributed by atoms with Gasteiger partial charge in [-0.2, -0.15) is 0 Å². The quantitative estimate of drug-likeness (QED) is 0.569. The number of hydrogen-bond acceptors (Lipinski definition) is 5. The lowest BCUT2D eigenvalue weighted by atomic mass is 9.95. The van der Waals surface area contributed by atoms with Gasteiger partial charge in [-0.15, -0.1) is 0 Å². The zero-order chi connectivity index (χ0) is 17.7. The molecule has 0 aromatic heterocycles. The van der Waals surface area contributed by atoms with Crippen LogP contribution in [0.25, 0.3) is 0 Å². The maximum atomic E-state index is 11.7. The van der Waals surface area contributed by atoms with Crippen molar-refractivity contribution in [2.75, 3.05) is 13.2 Å². The summed E-state index contributed by atoms with van der Waals surface area (Å²) in [5.41, 5.74) is -0.670. The van der Waals surface area contributed by atoms with Crippen molar-refractivity contribution in [3.05, 3.63) is 0 Å². The molecule has 2 saturated heterocycles. The Hall–Kier alpha value is -0.216. The first-order valence-corrected chi connectivity index (χ1v) is 14.7. The van der Waals surface area contributed by atoms with Crippen molar-refractivity contribution in [3.63, 3.8) is 0 Å². The molecule has 134 valence electrons. The van der Waals surface area contributed by atoms with Crippen molar-refractivity contribution >= 4 is 22.6 Å². The zero-order valence-corrected chi connectivity index (χ0v) is 17.8. The molecule has 0 aromatic carbocycles. The van der Waals surface area contributed by atoms with Gasteiger partial charge in [0, 0.05) is 0 Å². The topological polar surface area (TPSA) is 54.0 Å². The van der Waals surface area contributed by atoms with E-state index in [4.69, 9.17) is 18.3 Å². The van der Waals surface area contributed by atoms with Crippen molar-refractivity contribution in [3.8, 4) is 0 Å². The average molecular weight is 361 g/mol. The monoisotopic (exact) mass is 360 g/mol. The van der Waals surface area contributed by atoms with E-state index in [1.54, 1.807) is 0 Å². The van der Waals surface area contributed by atoms with Crippen molar-refractivity contribution in [1.29, 1.82) is 0 Å². The van der Waals surface area contributed by atoms with Gasteiger partial charge in [0.1, 0.15) is 18.3 Å². The van der Waals surface area contributed by atoms with Crippen LogP contribution >= 0.6 is 0 Å². The Morgan fingerprint density at radius 1 is 1.13 bits per heavy atom. The van der Waals surface area contributed by atoms with Gasteiger partial charge in [0.05, 0.1) is 19.1 Å². The van der Waals surface area contributed by atoms with Gasteiger partial charge >= 0.3 is 5.97 Å². The molecule has 7 heteroatoms. The van der Waals surface area contributed by atoms with Gasteiger partial charge in [0.15, 0.2) is 16.6 Å². The summed E-state index contributed by atoms with van der Waals surface area (Å²) in [4.78, 5) is 11.7. The molecule has 0 amide bonds. The first-order chi connectivity index (χ1) is 10.3. The molecule has 0 N–H and O–H groups in total. The van der Waals surface area contributed by atoms with Crippen molar-refractivity contribution in [2.24, 2.45) is 0 Å². The maximum absolute atomic E-state index is 11.7. The Balaban J connectivity index is 2.27. The van der Waals surface area contributed by atoms with Crippen LogP contribution in [0, 0.1) is 0 Å². The Morgan fingerprint density at radius 3 is 2.17 bits per heavy atom. The third-order valence-corrected chi connectivity index (χ3v) is 10.5. The summed E-state index contributed by atoms with van der Waals surface area (Å²) in [7, 11) is -3.75. The predicted molar refractivity (Wildman–Crippen MR) is 94.5 cm³/mol. The molecule has 0 aromatic rings. The molecule has 0 saturated carbocycles. The molecule has 2 aliphatic rings. The predicted octanol–water partition coefficient (Wildman–Crippen LogP) is 3.31. The lowest BCUT2D eigenvalue weighted by molar-refractivity contribution is -0.137. The molecule has 2 heterocycles. The standard InChI is InChI=1S/C16H32O5Si2/c1-15(2,3)23(7,8)21-14-12(20-22(4,5)6)10-19-16(14)9-13(17)18-11-16/h12,14H,9-11H2,1-8H3/t12-,14+,16+/m1/s1. The van der Waals surface area contributed by atoms with E-state index >= 15 is 0 Å². The van der Waals surface area contributed by atoms with Crippen LogP contribution in [0.4, 0.5) is 0 Å². The van der Waals surface area contributed by atoms with Crippen LogP contribution in [0.5, 0.6) is 0 Å². The second-order valence-corrected chi connectivity index (χ2v) is 18.5. The lowest BCUT2D eigenvalue weighted by Crippen LogP contribution is -2.55. The van der Waals surface area contributed by atoms with E-state index in [0.29, 0.717) is 6.61 Å². The molecule has 0 radical (unpaired) electrons. The number of carbonyl (C=O) groups is 1. The Bertz CT molecular complexity index is 466. The van der Waals surface area contributed by atoms with E-state index < -0.39 is 22.2 Å². The molecule has 2 aliphatic heterocycles. The highest BCUT2D eigenvalue weighted by atomic mass is 28.4. The Kier molecular flexibility index (Phi) is 4.94. The van der Waals surface area contributed by atoms with Crippen LogP contribution in [-0.4, -0.2) is 53.6 Å². The second kappa shape index (κ2) is 5.95. The highest BCUT2D eigenvalue weighted by molar-refractivity contribution is 6.74. The van der Waals surface area contributed by atoms with Crippen LogP contribution in [0.1, 0.15) is 27.2 Å². The summed E-state index contributed by atoms with van der Waals surface area (Å²) >= 11 is 0. The smallest absolute Gasteiger partial charge is 0.309 e. The second-order valence-electron chi connectivity index (χ2n) is 9.28. The summed E-state index contributed by atoms with van der Waals surface area (Å²) in [6.45, 7) is 18.3. The molecule has 1 spiro atoms. The van der Waals surface area contributed by atoms with E-state index in [0.717, 1.165) is 0 Å². The fourth-order valence-electron chi connectivity index (χ4n) is 2.81. The maximum Gasteiger partial charge on any atom is 0.309 e. The van der Waals surface area contributed by atoms with Gasteiger partial charge in [0.25, 0.3) is 0 Å². The largest absolute Gasteiger partial charge is 0.462 e. The van der Waals surface area contributed by atoms with E-state index in [-0.39, 0.29) is 36.2 Å². The normalized spacial score (nSPS) is 32.6. The highest BCUT2D eigenvalue weighted by Crippen LogP contribution is 2.44.